The van der Waals surface area contributed by atoms with Crippen LogP contribution in [0.5, 0.6) is 0 Å². The number of hydrogen-bond donors (Lipinski definition) is 1. The number of hydrogen-bond acceptors (Lipinski definition) is 3. The quantitative estimate of drug-likeness (QED) is 0.904. The van der Waals surface area contributed by atoms with Gasteiger partial charge in [-0.25, -0.2) is 9.59 Å². The number of aliphatic carboxylic acids is 1. The van der Waals surface area contributed by atoms with Gasteiger partial charge < -0.3 is 14.9 Å². The van der Waals surface area contributed by atoms with E-state index in [2.05, 4.69) is 0 Å². The summed E-state index contributed by atoms with van der Waals surface area (Å²) < 4.78 is 0. The summed E-state index contributed by atoms with van der Waals surface area (Å²) in [7, 11) is 1.54. The highest BCUT2D eigenvalue weighted by Gasteiger charge is 2.32. The molecule has 0 aliphatic carbocycles. The molecule has 0 fully saturated rings. The second-order valence-corrected chi connectivity index (χ2v) is 5.83. The molecule has 1 aromatic rings. The van der Waals surface area contributed by atoms with Gasteiger partial charge in [0.2, 0.25) is 0 Å². The predicted octanol–water partition coefficient (Wildman–Crippen LogP) is 2.19. The van der Waals surface area contributed by atoms with Gasteiger partial charge in [0.1, 0.15) is 6.04 Å². The highest BCUT2D eigenvalue weighted by atomic mass is 32.1. The van der Waals surface area contributed by atoms with Crippen molar-refractivity contribution in [1.82, 2.24) is 9.80 Å². The van der Waals surface area contributed by atoms with E-state index in [4.69, 9.17) is 5.11 Å². The maximum Gasteiger partial charge on any atom is 0.326 e. The van der Waals surface area contributed by atoms with Crippen molar-refractivity contribution in [2.24, 2.45) is 0 Å². The zero-order valence-corrected chi connectivity index (χ0v) is 12.1. The van der Waals surface area contributed by atoms with E-state index in [9.17, 15) is 9.59 Å². The molecule has 2 atom stereocenters. The second kappa shape index (κ2) is 5.21. The Morgan fingerprint density at radius 3 is 2.89 bits per heavy atom. The molecule has 0 bridgehead atoms. The molecular formula is C13H18N2O3S. The molecule has 2 amide bonds. The third-order valence-electron chi connectivity index (χ3n) is 3.76. The molecule has 104 valence electrons. The lowest BCUT2D eigenvalue weighted by atomic mass is 10.0. The van der Waals surface area contributed by atoms with Crippen LogP contribution < -0.4 is 0 Å². The second-order valence-electron chi connectivity index (χ2n) is 4.83. The van der Waals surface area contributed by atoms with E-state index < -0.39 is 12.0 Å². The van der Waals surface area contributed by atoms with Gasteiger partial charge in [-0.15, -0.1) is 11.3 Å². The first-order valence-corrected chi connectivity index (χ1v) is 7.14. The Morgan fingerprint density at radius 1 is 1.58 bits per heavy atom. The largest absolute Gasteiger partial charge is 0.480 e. The van der Waals surface area contributed by atoms with Gasteiger partial charge in [-0.2, -0.15) is 0 Å². The molecule has 0 saturated carbocycles. The van der Waals surface area contributed by atoms with Crippen molar-refractivity contribution in [2.45, 2.75) is 32.4 Å². The molecule has 6 heteroatoms. The fourth-order valence-corrected chi connectivity index (χ4v) is 3.27. The molecule has 1 aromatic heterocycles. The Balaban J connectivity index is 2.15. The van der Waals surface area contributed by atoms with Crippen LogP contribution in [0.2, 0.25) is 0 Å². The first kappa shape index (κ1) is 13.9. The van der Waals surface area contributed by atoms with Crippen molar-refractivity contribution in [2.75, 3.05) is 13.6 Å². The number of carboxylic acids is 1. The van der Waals surface area contributed by atoms with E-state index in [0.29, 0.717) is 6.54 Å². The fourth-order valence-electron chi connectivity index (χ4n) is 2.30. The van der Waals surface area contributed by atoms with Crippen LogP contribution in [0.15, 0.2) is 11.4 Å². The maximum atomic E-state index is 12.4. The van der Waals surface area contributed by atoms with Crippen LogP contribution in [0.4, 0.5) is 4.79 Å². The third-order valence-corrected chi connectivity index (χ3v) is 4.76. The first-order chi connectivity index (χ1) is 8.93. The molecule has 2 rings (SSSR count). The number of rotatable bonds is 2. The third kappa shape index (κ3) is 2.45. The van der Waals surface area contributed by atoms with Gasteiger partial charge in [-0.05, 0) is 37.3 Å². The van der Waals surface area contributed by atoms with Gasteiger partial charge in [0.05, 0.1) is 6.04 Å². The summed E-state index contributed by atoms with van der Waals surface area (Å²) in [4.78, 5) is 27.7. The Hall–Kier alpha value is -1.56. The molecule has 2 unspecified atom stereocenters. The van der Waals surface area contributed by atoms with Crippen molar-refractivity contribution in [3.05, 3.63) is 21.9 Å². The summed E-state index contributed by atoms with van der Waals surface area (Å²) >= 11 is 1.72. The van der Waals surface area contributed by atoms with E-state index in [-0.39, 0.29) is 12.1 Å². The molecule has 0 saturated heterocycles. The molecule has 1 aliphatic heterocycles. The first-order valence-electron chi connectivity index (χ1n) is 6.26. The van der Waals surface area contributed by atoms with Gasteiger partial charge in [-0.3, -0.25) is 0 Å². The van der Waals surface area contributed by atoms with Gasteiger partial charge in [0, 0.05) is 18.5 Å². The van der Waals surface area contributed by atoms with Crippen molar-refractivity contribution in [3.8, 4) is 0 Å². The van der Waals surface area contributed by atoms with Crippen molar-refractivity contribution in [1.29, 1.82) is 0 Å². The highest BCUT2D eigenvalue weighted by Crippen LogP contribution is 2.33. The number of fused-ring (bicyclic) bond motifs is 1. The van der Waals surface area contributed by atoms with Gasteiger partial charge >= 0.3 is 12.0 Å². The number of nitrogens with zero attached hydrogens (tertiary/aromatic N) is 2. The van der Waals surface area contributed by atoms with E-state index in [0.717, 1.165) is 6.42 Å². The normalized spacial score (nSPS) is 19.7. The Labute approximate surface area is 116 Å². The molecular weight excluding hydrogens is 264 g/mol. The number of urea groups is 1. The molecule has 0 aromatic carbocycles. The smallest absolute Gasteiger partial charge is 0.326 e. The van der Waals surface area contributed by atoms with Gasteiger partial charge in [-0.1, -0.05) is 0 Å². The predicted molar refractivity (Wildman–Crippen MR) is 73.4 cm³/mol. The summed E-state index contributed by atoms with van der Waals surface area (Å²) in [5.74, 6) is -0.989. The lowest BCUT2D eigenvalue weighted by Crippen LogP contribution is -2.50. The molecule has 1 aliphatic rings. The molecule has 5 nitrogen and oxygen atoms in total. The van der Waals surface area contributed by atoms with Crippen LogP contribution in [0.3, 0.4) is 0 Å². The average molecular weight is 282 g/mol. The summed E-state index contributed by atoms with van der Waals surface area (Å²) in [5, 5.41) is 11.0. The van der Waals surface area contributed by atoms with Crippen molar-refractivity contribution >= 4 is 23.3 Å². The topological polar surface area (TPSA) is 60.9 Å². The minimum absolute atomic E-state index is 0.00550. The van der Waals surface area contributed by atoms with Gasteiger partial charge in [0.15, 0.2) is 0 Å². The highest BCUT2D eigenvalue weighted by molar-refractivity contribution is 7.10. The number of carbonyl (C=O) groups excluding carboxylic acids is 1. The van der Waals surface area contributed by atoms with E-state index in [1.54, 1.807) is 16.2 Å². The lowest BCUT2D eigenvalue weighted by molar-refractivity contribution is -0.141. The Kier molecular flexibility index (Phi) is 3.80. The van der Waals surface area contributed by atoms with Crippen LogP contribution in [0.25, 0.3) is 0 Å². The summed E-state index contributed by atoms with van der Waals surface area (Å²) in [6.45, 7) is 4.15. The van der Waals surface area contributed by atoms with E-state index in [1.807, 2.05) is 18.4 Å². The lowest BCUT2D eigenvalue weighted by Gasteiger charge is -2.37. The van der Waals surface area contributed by atoms with Crippen molar-refractivity contribution in [3.63, 3.8) is 0 Å². The molecule has 0 radical (unpaired) electrons. The SMILES string of the molecule is CC(C(=O)O)N(C)C(=O)N1CCc2sccc2C1C. The molecule has 19 heavy (non-hydrogen) atoms. The average Bonchev–Trinajstić information content (AvgIpc) is 2.85. The van der Waals surface area contributed by atoms with Crippen LogP contribution in [-0.4, -0.2) is 46.5 Å². The fraction of sp³-hybridized carbons (Fsp3) is 0.538. The van der Waals surface area contributed by atoms with E-state index >= 15 is 0 Å². The number of thiophene rings is 1. The summed E-state index contributed by atoms with van der Waals surface area (Å²) in [6, 6.07) is 1.01. The number of likely N-dealkylation sites (N-methyl/N-ethyl adjacent to an activating group) is 1. The Bertz CT molecular complexity index is 500. The maximum absolute atomic E-state index is 12.4. The van der Waals surface area contributed by atoms with E-state index in [1.165, 1.54) is 29.3 Å². The minimum Gasteiger partial charge on any atom is -0.480 e. The van der Waals surface area contributed by atoms with Crippen molar-refractivity contribution < 1.29 is 14.7 Å². The summed E-state index contributed by atoms with van der Waals surface area (Å²) in [6.07, 6.45) is 0.846. The van der Waals surface area contributed by atoms with Gasteiger partial charge in [0.25, 0.3) is 0 Å². The molecule has 0 spiro atoms. The zero-order chi connectivity index (χ0) is 14.2. The summed E-state index contributed by atoms with van der Waals surface area (Å²) in [5.41, 5.74) is 1.18. The molecule has 2 heterocycles. The molecule has 1 N–H and O–H groups in total. The number of carbonyl (C=O) groups is 2. The Morgan fingerprint density at radius 2 is 2.26 bits per heavy atom. The number of amides is 2. The van der Waals surface area contributed by atoms with Crippen LogP contribution >= 0.6 is 11.3 Å². The number of carboxylic acid groups (broad SMARTS) is 1. The van der Waals surface area contributed by atoms with Crippen LogP contribution in [-0.2, 0) is 11.2 Å². The van der Waals surface area contributed by atoms with Crippen LogP contribution in [0.1, 0.15) is 30.3 Å². The standard InChI is InChI=1S/C13H18N2O3S/c1-8-10-5-7-19-11(10)4-6-15(8)13(18)14(3)9(2)12(16)17/h5,7-9H,4,6H2,1-3H3,(H,16,17). The monoisotopic (exact) mass is 282 g/mol. The zero-order valence-electron chi connectivity index (χ0n) is 11.3. The van der Waals surface area contributed by atoms with Crippen LogP contribution in [0, 0.1) is 0 Å². The minimum atomic E-state index is -0.989.